The van der Waals surface area contributed by atoms with Crippen molar-refractivity contribution in [3.63, 3.8) is 0 Å². The summed E-state index contributed by atoms with van der Waals surface area (Å²) < 4.78 is 5.07. The van der Waals surface area contributed by atoms with Gasteiger partial charge >= 0.3 is 0 Å². The number of nitrogens with one attached hydrogen (secondary N) is 2. The van der Waals surface area contributed by atoms with E-state index < -0.39 is 0 Å². The van der Waals surface area contributed by atoms with Crippen LogP contribution < -0.4 is 21.1 Å². The number of anilines is 2. The highest BCUT2D eigenvalue weighted by molar-refractivity contribution is 5.99. The maximum absolute atomic E-state index is 11.5. The zero-order valence-electron chi connectivity index (χ0n) is 10.9. The SMILES string of the molecule is COc1ccc(NC(C)=O)c(NC(=O)CCN)c1.Cl. The molecule has 0 aliphatic carbocycles. The van der Waals surface area contributed by atoms with Crippen LogP contribution in [0.2, 0.25) is 0 Å². The molecule has 106 valence electrons. The van der Waals surface area contributed by atoms with Crippen molar-refractivity contribution in [3.05, 3.63) is 18.2 Å². The number of hydrogen-bond acceptors (Lipinski definition) is 4. The van der Waals surface area contributed by atoms with E-state index in [1.165, 1.54) is 14.0 Å². The highest BCUT2D eigenvalue weighted by atomic mass is 35.5. The fourth-order valence-electron chi connectivity index (χ4n) is 1.40. The third-order valence-electron chi connectivity index (χ3n) is 2.18. The van der Waals surface area contributed by atoms with E-state index in [2.05, 4.69) is 10.6 Å². The summed E-state index contributed by atoms with van der Waals surface area (Å²) in [4.78, 5) is 22.6. The van der Waals surface area contributed by atoms with Crippen LogP contribution in [0.15, 0.2) is 18.2 Å². The van der Waals surface area contributed by atoms with Crippen molar-refractivity contribution < 1.29 is 14.3 Å². The quantitative estimate of drug-likeness (QED) is 0.762. The molecule has 0 heterocycles. The number of amides is 2. The predicted molar refractivity (Wildman–Crippen MR) is 76.8 cm³/mol. The molecule has 0 atom stereocenters. The molecular formula is C12H18ClN3O3. The number of ether oxygens (including phenoxy) is 1. The summed E-state index contributed by atoms with van der Waals surface area (Å²) in [5.41, 5.74) is 6.31. The van der Waals surface area contributed by atoms with Gasteiger partial charge in [0.2, 0.25) is 11.8 Å². The molecule has 19 heavy (non-hydrogen) atoms. The third kappa shape index (κ3) is 5.58. The molecule has 6 nitrogen and oxygen atoms in total. The number of methoxy groups -OCH3 is 1. The molecule has 0 aliphatic rings. The van der Waals surface area contributed by atoms with Gasteiger partial charge in [-0.1, -0.05) is 0 Å². The van der Waals surface area contributed by atoms with Gasteiger partial charge in [0.25, 0.3) is 0 Å². The zero-order valence-corrected chi connectivity index (χ0v) is 11.7. The van der Waals surface area contributed by atoms with Crippen LogP contribution in [0, 0.1) is 0 Å². The second-order valence-electron chi connectivity index (χ2n) is 3.68. The van der Waals surface area contributed by atoms with Gasteiger partial charge in [-0.3, -0.25) is 9.59 Å². The van der Waals surface area contributed by atoms with Crippen molar-refractivity contribution >= 4 is 35.6 Å². The molecule has 0 saturated heterocycles. The van der Waals surface area contributed by atoms with Crippen molar-refractivity contribution in [2.75, 3.05) is 24.3 Å². The molecule has 0 bridgehead atoms. The lowest BCUT2D eigenvalue weighted by Gasteiger charge is -2.12. The predicted octanol–water partition coefficient (Wildman–Crippen LogP) is 1.36. The molecule has 0 aliphatic heterocycles. The van der Waals surface area contributed by atoms with Crippen molar-refractivity contribution in [1.82, 2.24) is 0 Å². The van der Waals surface area contributed by atoms with Gasteiger partial charge < -0.3 is 21.1 Å². The Hall–Kier alpha value is -1.79. The second-order valence-corrected chi connectivity index (χ2v) is 3.68. The number of halogens is 1. The van der Waals surface area contributed by atoms with Gasteiger partial charge in [-0.25, -0.2) is 0 Å². The molecule has 1 aromatic rings. The summed E-state index contributed by atoms with van der Waals surface area (Å²) in [5, 5.41) is 5.31. The topological polar surface area (TPSA) is 93.5 Å². The first-order chi connectivity index (χ1) is 8.56. The summed E-state index contributed by atoms with van der Waals surface area (Å²) in [7, 11) is 1.53. The highest BCUT2D eigenvalue weighted by Gasteiger charge is 2.09. The molecule has 1 rings (SSSR count). The lowest BCUT2D eigenvalue weighted by molar-refractivity contribution is -0.116. The standard InChI is InChI=1S/C12H17N3O3.ClH/c1-8(16)14-10-4-3-9(18-2)7-11(10)15-12(17)5-6-13;/h3-4,7H,5-6,13H2,1-2H3,(H,14,16)(H,15,17);1H. The fourth-order valence-corrected chi connectivity index (χ4v) is 1.40. The van der Waals surface area contributed by atoms with Crippen LogP contribution in [0.25, 0.3) is 0 Å². The van der Waals surface area contributed by atoms with Gasteiger partial charge in [0.05, 0.1) is 18.5 Å². The molecule has 0 aromatic heterocycles. The minimum Gasteiger partial charge on any atom is -0.497 e. The molecule has 7 heteroatoms. The Bertz CT molecular complexity index is 452. The maximum atomic E-state index is 11.5. The molecule has 0 fully saturated rings. The van der Waals surface area contributed by atoms with Gasteiger partial charge in [-0.15, -0.1) is 12.4 Å². The number of nitrogens with two attached hydrogens (primary N) is 1. The van der Waals surface area contributed by atoms with Crippen LogP contribution >= 0.6 is 12.4 Å². The van der Waals surface area contributed by atoms with E-state index in [1.807, 2.05) is 0 Å². The van der Waals surface area contributed by atoms with Crippen molar-refractivity contribution in [1.29, 1.82) is 0 Å². The van der Waals surface area contributed by atoms with Gasteiger partial charge in [-0.05, 0) is 12.1 Å². The second kappa shape index (κ2) is 8.34. The minimum absolute atomic E-state index is 0. The van der Waals surface area contributed by atoms with E-state index in [9.17, 15) is 9.59 Å². The monoisotopic (exact) mass is 287 g/mol. The molecule has 2 amide bonds. The van der Waals surface area contributed by atoms with Crippen LogP contribution in [0.5, 0.6) is 5.75 Å². The Balaban J connectivity index is 0.00000324. The highest BCUT2D eigenvalue weighted by Crippen LogP contribution is 2.27. The summed E-state index contributed by atoms with van der Waals surface area (Å²) >= 11 is 0. The fraction of sp³-hybridized carbons (Fsp3) is 0.333. The summed E-state index contributed by atoms with van der Waals surface area (Å²) in [6.07, 6.45) is 0.219. The Labute approximate surface area is 118 Å². The zero-order chi connectivity index (χ0) is 13.5. The maximum Gasteiger partial charge on any atom is 0.225 e. The number of benzene rings is 1. The smallest absolute Gasteiger partial charge is 0.225 e. The number of hydrogen-bond donors (Lipinski definition) is 3. The molecule has 0 spiro atoms. The Kier molecular flexibility index (Phi) is 7.55. The van der Waals surface area contributed by atoms with E-state index in [-0.39, 0.29) is 37.2 Å². The van der Waals surface area contributed by atoms with Gasteiger partial charge in [-0.2, -0.15) is 0 Å². The first-order valence-electron chi connectivity index (χ1n) is 5.52. The minimum atomic E-state index is -0.213. The Morgan fingerprint density at radius 2 is 1.95 bits per heavy atom. The van der Waals surface area contributed by atoms with E-state index in [0.717, 1.165) is 0 Å². The first-order valence-corrected chi connectivity index (χ1v) is 5.52. The molecule has 0 saturated carbocycles. The molecular weight excluding hydrogens is 270 g/mol. The summed E-state index contributed by atoms with van der Waals surface area (Å²) in [5.74, 6) is 0.166. The van der Waals surface area contributed by atoms with E-state index in [1.54, 1.807) is 18.2 Å². The van der Waals surface area contributed by atoms with Crippen LogP contribution in [-0.2, 0) is 9.59 Å². The molecule has 0 radical (unpaired) electrons. The van der Waals surface area contributed by atoms with Crippen molar-refractivity contribution in [3.8, 4) is 5.75 Å². The number of carbonyl (C=O) groups is 2. The lowest BCUT2D eigenvalue weighted by Crippen LogP contribution is -2.18. The average Bonchev–Trinajstić information content (AvgIpc) is 2.31. The lowest BCUT2D eigenvalue weighted by atomic mass is 10.2. The van der Waals surface area contributed by atoms with E-state index in [0.29, 0.717) is 17.1 Å². The first kappa shape index (κ1) is 17.2. The van der Waals surface area contributed by atoms with Gasteiger partial charge in [0.1, 0.15) is 5.75 Å². The van der Waals surface area contributed by atoms with Crippen molar-refractivity contribution in [2.24, 2.45) is 5.73 Å². The molecule has 1 aromatic carbocycles. The summed E-state index contributed by atoms with van der Waals surface area (Å²) in [6.45, 7) is 1.67. The number of carbonyl (C=O) groups excluding carboxylic acids is 2. The number of rotatable bonds is 5. The van der Waals surface area contributed by atoms with Crippen LogP contribution in [-0.4, -0.2) is 25.5 Å². The van der Waals surface area contributed by atoms with Crippen LogP contribution in [0.1, 0.15) is 13.3 Å². The largest absolute Gasteiger partial charge is 0.497 e. The third-order valence-corrected chi connectivity index (χ3v) is 2.18. The molecule has 4 N–H and O–H groups in total. The molecule has 0 unspecified atom stereocenters. The Morgan fingerprint density at radius 1 is 1.26 bits per heavy atom. The normalized spacial score (nSPS) is 9.21. The van der Waals surface area contributed by atoms with Crippen LogP contribution in [0.4, 0.5) is 11.4 Å². The van der Waals surface area contributed by atoms with Crippen LogP contribution in [0.3, 0.4) is 0 Å². The van der Waals surface area contributed by atoms with Gasteiger partial charge in [0.15, 0.2) is 0 Å². The van der Waals surface area contributed by atoms with E-state index >= 15 is 0 Å². The van der Waals surface area contributed by atoms with E-state index in [4.69, 9.17) is 10.5 Å². The van der Waals surface area contributed by atoms with Gasteiger partial charge in [0, 0.05) is 26.0 Å². The van der Waals surface area contributed by atoms with Crippen molar-refractivity contribution in [2.45, 2.75) is 13.3 Å². The Morgan fingerprint density at radius 3 is 2.47 bits per heavy atom. The average molecular weight is 288 g/mol. The summed E-state index contributed by atoms with van der Waals surface area (Å²) in [6, 6.07) is 5.00.